The first-order valence-electron chi connectivity index (χ1n) is 6.19. The van der Waals surface area contributed by atoms with E-state index in [1.54, 1.807) is 16.6 Å². The van der Waals surface area contributed by atoms with Gasteiger partial charge >= 0.3 is 0 Å². The van der Waals surface area contributed by atoms with Gasteiger partial charge in [-0.1, -0.05) is 51.7 Å². The van der Waals surface area contributed by atoms with Crippen LogP contribution in [0.25, 0.3) is 16.8 Å². The highest BCUT2D eigenvalue weighted by molar-refractivity contribution is 9.10. The van der Waals surface area contributed by atoms with E-state index in [0.29, 0.717) is 21.9 Å². The fourth-order valence-electron chi connectivity index (χ4n) is 2.26. The maximum Gasteiger partial charge on any atom is 0.144 e. The molecule has 1 aromatic carbocycles. The number of benzene rings is 1. The molecule has 3 aromatic rings. The summed E-state index contributed by atoms with van der Waals surface area (Å²) in [5.41, 5.74) is 2.75. The fraction of sp³-hybridized carbons (Fsp3) is 0.0625. The molecule has 2 heterocycles. The molecule has 1 atom stereocenters. The summed E-state index contributed by atoms with van der Waals surface area (Å²) in [6.07, 6.45) is 4.34. The average Bonchev–Trinajstić information content (AvgIpc) is 2.87. The van der Waals surface area contributed by atoms with E-state index in [1.807, 2.05) is 30.3 Å². The highest BCUT2D eigenvalue weighted by Crippen LogP contribution is 2.33. The second-order valence-corrected chi connectivity index (χ2v) is 5.79. The van der Waals surface area contributed by atoms with E-state index in [1.165, 1.54) is 0 Å². The Morgan fingerprint density at radius 1 is 1.29 bits per heavy atom. The molecular formula is C16H10BrClN2O. The predicted octanol–water partition coefficient (Wildman–Crippen LogP) is 4.08. The van der Waals surface area contributed by atoms with Crippen molar-refractivity contribution in [3.63, 3.8) is 0 Å². The molecule has 0 aliphatic heterocycles. The Labute approximate surface area is 135 Å². The summed E-state index contributed by atoms with van der Waals surface area (Å²) in [6.45, 7) is 0. The van der Waals surface area contributed by atoms with Crippen LogP contribution in [0.4, 0.5) is 0 Å². The fourth-order valence-corrected chi connectivity index (χ4v) is 2.86. The van der Waals surface area contributed by atoms with Gasteiger partial charge in [-0.25, -0.2) is 4.52 Å². The van der Waals surface area contributed by atoms with E-state index in [-0.39, 0.29) is 0 Å². The number of terminal acetylenes is 1. The van der Waals surface area contributed by atoms with Crippen molar-refractivity contribution in [2.24, 2.45) is 0 Å². The number of pyridine rings is 1. The molecule has 0 saturated carbocycles. The molecule has 5 heteroatoms. The van der Waals surface area contributed by atoms with Crippen molar-refractivity contribution in [2.45, 2.75) is 6.10 Å². The Balaban J connectivity index is 2.37. The smallest absolute Gasteiger partial charge is 0.144 e. The molecule has 2 aromatic heterocycles. The van der Waals surface area contributed by atoms with Crippen molar-refractivity contribution >= 4 is 33.0 Å². The summed E-state index contributed by atoms with van der Waals surface area (Å²) >= 11 is 9.60. The Morgan fingerprint density at radius 2 is 2.05 bits per heavy atom. The standard InChI is InChI=1S/C16H10BrClN2O/c1-2-13(21)15-12-7-4-8-14(18)20(12)19-16(15)10-5-3-6-11(17)9-10/h1,3-9,13,21H. The van der Waals surface area contributed by atoms with Crippen LogP contribution in [-0.2, 0) is 0 Å². The maximum absolute atomic E-state index is 10.2. The van der Waals surface area contributed by atoms with Crippen LogP contribution < -0.4 is 0 Å². The summed E-state index contributed by atoms with van der Waals surface area (Å²) in [5.74, 6) is 2.35. The molecule has 0 aliphatic carbocycles. The Bertz CT molecular complexity index is 866. The molecule has 1 unspecified atom stereocenters. The highest BCUT2D eigenvalue weighted by Gasteiger charge is 2.20. The van der Waals surface area contributed by atoms with E-state index in [9.17, 15) is 5.11 Å². The van der Waals surface area contributed by atoms with Crippen molar-refractivity contribution in [2.75, 3.05) is 0 Å². The van der Waals surface area contributed by atoms with Crippen LogP contribution in [0.5, 0.6) is 0 Å². The zero-order valence-electron chi connectivity index (χ0n) is 10.8. The van der Waals surface area contributed by atoms with Crippen molar-refractivity contribution in [1.82, 2.24) is 9.61 Å². The van der Waals surface area contributed by atoms with Crippen molar-refractivity contribution in [3.05, 3.63) is 57.7 Å². The van der Waals surface area contributed by atoms with E-state index < -0.39 is 6.10 Å². The van der Waals surface area contributed by atoms with Crippen LogP contribution >= 0.6 is 27.5 Å². The normalized spacial score (nSPS) is 12.3. The second-order valence-electron chi connectivity index (χ2n) is 4.49. The van der Waals surface area contributed by atoms with Gasteiger partial charge in [0.1, 0.15) is 17.0 Å². The van der Waals surface area contributed by atoms with Crippen LogP contribution in [-0.4, -0.2) is 14.7 Å². The molecule has 0 radical (unpaired) electrons. The van der Waals surface area contributed by atoms with Gasteiger partial charge in [-0.05, 0) is 24.3 Å². The Morgan fingerprint density at radius 3 is 2.76 bits per heavy atom. The summed E-state index contributed by atoms with van der Waals surface area (Å²) in [7, 11) is 0. The molecule has 104 valence electrons. The number of nitrogens with zero attached hydrogens (tertiary/aromatic N) is 2. The Kier molecular flexibility index (Phi) is 3.73. The van der Waals surface area contributed by atoms with Crippen LogP contribution in [0.3, 0.4) is 0 Å². The third kappa shape index (κ3) is 2.44. The largest absolute Gasteiger partial charge is 0.376 e. The highest BCUT2D eigenvalue weighted by atomic mass is 79.9. The van der Waals surface area contributed by atoms with Gasteiger partial charge in [-0.15, -0.1) is 6.42 Å². The van der Waals surface area contributed by atoms with Gasteiger partial charge in [0.15, 0.2) is 0 Å². The topological polar surface area (TPSA) is 37.5 Å². The number of hydrogen-bond acceptors (Lipinski definition) is 2. The molecule has 3 rings (SSSR count). The first-order valence-corrected chi connectivity index (χ1v) is 7.36. The molecule has 0 fully saturated rings. The molecule has 3 nitrogen and oxygen atoms in total. The zero-order valence-corrected chi connectivity index (χ0v) is 13.1. The van der Waals surface area contributed by atoms with Crippen molar-refractivity contribution in [1.29, 1.82) is 0 Å². The third-order valence-corrected chi connectivity index (χ3v) is 3.96. The molecule has 1 N–H and O–H groups in total. The molecule has 0 spiro atoms. The summed E-state index contributed by atoms with van der Waals surface area (Å²) in [4.78, 5) is 0. The van der Waals surface area contributed by atoms with Gasteiger partial charge < -0.3 is 5.11 Å². The second kappa shape index (κ2) is 5.53. The van der Waals surface area contributed by atoms with Gasteiger partial charge in [0.25, 0.3) is 0 Å². The zero-order chi connectivity index (χ0) is 15.0. The lowest BCUT2D eigenvalue weighted by molar-refractivity contribution is 0.240. The molecule has 0 saturated heterocycles. The molecule has 0 amide bonds. The molecule has 0 aliphatic rings. The summed E-state index contributed by atoms with van der Waals surface area (Å²) in [5, 5.41) is 15.1. The maximum atomic E-state index is 10.2. The third-order valence-electron chi connectivity index (χ3n) is 3.18. The number of fused-ring (bicyclic) bond motifs is 1. The van der Waals surface area contributed by atoms with E-state index in [4.69, 9.17) is 18.0 Å². The van der Waals surface area contributed by atoms with Crippen LogP contribution in [0, 0.1) is 12.3 Å². The number of aromatic nitrogens is 2. The predicted molar refractivity (Wildman–Crippen MR) is 87.1 cm³/mol. The lowest BCUT2D eigenvalue weighted by Gasteiger charge is -2.05. The van der Waals surface area contributed by atoms with Crippen molar-refractivity contribution in [3.8, 4) is 23.6 Å². The first kappa shape index (κ1) is 14.2. The van der Waals surface area contributed by atoms with Gasteiger partial charge in [0.05, 0.1) is 5.52 Å². The van der Waals surface area contributed by atoms with Crippen LogP contribution in [0.1, 0.15) is 11.7 Å². The first-order chi connectivity index (χ1) is 10.1. The lowest BCUT2D eigenvalue weighted by atomic mass is 10.0. The van der Waals surface area contributed by atoms with Crippen LogP contribution in [0.2, 0.25) is 5.15 Å². The average molecular weight is 362 g/mol. The van der Waals surface area contributed by atoms with E-state index >= 15 is 0 Å². The van der Waals surface area contributed by atoms with E-state index in [2.05, 4.69) is 26.9 Å². The summed E-state index contributed by atoms with van der Waals surface area (Å²) < 4.78 is 2.50. The number of halogens is 2. The summed E-state index contributed by atoms with van der Waals surface area (Å²) in [6, 6.07) is 13.0. The minimum Gasteiger partial charge on any atom is -0.376 e. The van der Waals surface area contributed by atoms with Crippen LogP contribution in [0.15, 0.2) is 46.9 Å². The Hall–Kier alpha value is -1.80. The van der Waals surface area contributed by atoms with Gasteiger partial charge in [0.2, 0.25) is 0 Å². The van der Waals surface area contributed by atoms with Gasteiger partial charge in [-0.3, -0.25) is 0 Å². The van der Waals surface area contributed by atoms with Crippen molar-refractivity contribution < 1.29 is 5.11 Å². The minimum absolute atomic E-state index is 0.458. The molecule has 0 bridgehead atoms. The number of rotatable bonds is 2. The monoisotopic (exact) mass is 360 g/mol. The van der Waals surface area contributed by atoms with E-state index in [0.717, 1.165) is 10.0 Å². The molecule has 21 heavy (non-hydrogen) atoms. The molecular weight excluding hydrogens is 352 g/mol. The number of aliphatic hydroxyl groups excluding tert-OH is 1. The lowest BCUT2D eigenvalue weighted by Crippen LogP contribution is -1.95. The number of hydrogen-bond donors (Lipinski definition) is 1. The SMILES string of the molecule is C#CC(O)c1c(-c2cccc(Br)c2)nn2c(Cl)cccc12. The quantitative estimate of drug-likeness (QED) is 0.551. The van der Waals surface area contributed by atoms with Gasteiger partial charge in [0, 0.05) is 15.6 Å². The number of aliphatic hydroxyl groups is 1. The minimum atomic E-state index is -1.05. The van der Waals surface area contributed by atoms with Gasteiger partial charge in [-0.2, -0.15) is 5.10 Å².